The van der Waals surface area contributed by atoms with E-state index in [0.717, 1.165) is 0 Å². The summed E-state index contributed by atoms with van der Waals surface area (Å²) < 4.78 is 13.4. The lowest BCUT2D eigenvalue weighted by Gasteiger charge is -2.17. The van der Waals surface area contributed by atoms with Crippen molar-refractivity contribution in [2.45, 2.75) is 25.6 Å². The lowest BCUT2D eigenvalue weighted by Crippen LogP contribution is -2.26. The number of hydrogen-bond acceptors (Lipinski definition) is 3. The molecule has 0 saturated heterocycles. The number of nitrogens with two attached hydrogens (primary N) is 1. The Morgan fingerprint density at radius 1 is 1.50 bits per heavy atom. The lowest BCUT2D eigenvalue weighted by molar-refractivity contribution is -0.121. The van der Waals surface area contributed by atoms with E-state index in [1.165, 1.54) is 12.1 Å². The van der Waals surface area contributed by atoms with Crippen LogP contribution in [0.2, 0.25) is 0 Å². The summed E-state index contributed by atoms with van der Waals surface area (Å²) in [6, 6.07) is 4.23. The Hall–Kier alpha value is -1.46. The third-order valence-corrected chi connectivity index (χ3v) is 2.25. The molecule has 0 aromatic heterocycles. The second kappa shape index (κ2) is 5.05. The zero-order valence-electron chi connectivity index (χ0n) is 8.85. The fraction of sp³-hybridized carbons (Fsp3) is 0.364. The molecule has 1 aromatic rings. The zero-order valence-corrected chi connectivity index (χ0v) is 8.85. The van der Waals surface area contributed by atoms with Crippen LogP contribution in [0.1, 0.15) is 23.7 Å². The topological polar surface area (TPSA) is 83.6 Å². The van der Waals surface area contributed by atoms with Gasteiger partial charge in [0.05, 0.1) is 12.5 Å². The highest BCUT2D eigenvalue weighted by molar-refractivity contribution is 5.74. The number of amides is 1. The van der Waals surface area contributed by atoms with Crippen molar-refractivity contribution in [3.63, 3.8) is 0 Å². The minimum absolute atomic E-state index is 0.0423. The molecule has 0 heterocycles. The van der Waals surface area contributed by atoms with Crippen molar-refractivity contribution in [2.75, 3.05) is 0 Å². The van der Waals surface area contributed by atoms with E-state index in [9.17, 15) is 19.4 Å². The largest absolute Gasteiger partial charge is 0.390 e. The summed E-state index contributed by atoms with van der Waals surface area (Å²) in [5.74, 6) is -1.37. The Morgan fingerprint density at radius 2 is 2.12 bits per heavy atom. The minimum atomic E-state index is -1.45. The Labute approximate surface area is 92.5 Å². The second-order valence-corrected chi connectivity index (χ2v) is 3.71. The molecule has 1 rings (SSSR count). The van der Waals surface area contributed by atoms with Gasteiger partial charge in [-0.15, -0.1) is 0 Å². The van der Waals surface area contributed by atoms with E-state index in [1.807, 2.05) is 0 Å². The van der Waals surface area contributed by atoms with Crippen molar-refractivity contribution in [3.8, 4) is 0 Å². The predicted molar refractivity (Wildman–Crippen MR) is 55.9 cm³/mol. The minimum Gasteiger partial charge on any atom is -0.390 e. The normalized spacial score (nSPS) is 14.5. The number of hydrogen-bond donors (Lipinski definition) is 3. The van der Waals surface area contributed by atoms with Gasteiger partial charge in [0.2, 0.25) is 5.91 Å². The molecule has 0 aliphatic heterocycles. The average molecular weight is 227 g/mol. The highest BCUT2D eigenvalue weighted by atomic mass is 19.1. The van der Waals surface area contributed by atoms with E-state index >= 15 is 0 Å². The van der Waals surface area contributed by atoms with Gasteiger partial charge in [-0.2, -0.15) is 0 Å². The first kappa shape index (κ1) is 12.6. The van der Waals surface area contributed by atoms with Gasteiger partial charge in [0.15, 0.2) is 0 Å². The van der Waals surface area contributed by atoms with Crippen LogP contribution in [-0.2, 0) is 4.79 Å². The highest BCUT2D eigenvalue weighted by Gasteiger charge is 2.22. The van der Waals surface area contributed by atoms with Gasteiger partial charge in [-0.3, -0.25) is 4.79 Å². The van der Waals surface area contributed by atoms with E-state index < -0.39 is 30.4 Å². The van der Waals surface area contributed by atoms with Crippen LogP contribution in [0.25, 0.3) is 0 Å². The number of aliphatic hydroxyl groups is 2. The van der Waals surface area contributed by atoms with Crippen molar-refractivity contribution in [2.24, 2.45) is 5.73 Å². The molecule has 1 amide bonds. The van der Waals surface area contributed by atoms with E-state index in [2.05, 4.69) is 0 Å². The maximum absolute atomic E-state index is 13.4. The van der Waals surface area contributed by atoms with Gasteiger partial charge in [-0.25, -0.2) is 4.39 Å². The van der Waals surface area contributed by atoms with E-state index in [4.69, 9.17) is 5.73 Å². The van der Waals surface area contributed by atoms with Crippen LogP contribution in [0.3, 0.4) is 0 Å². The fourth-order valence-electron chi connectivity index (χ4n) is 1.40. The molecule has 0 aliphatic rings. The Balaban J connectivity index is 2.87. The quantitative estimate of drug-likeness (QED) is 0.696. The third-order valence-electron chi connectivity index (χ3n) is 2.25. The Morgan fingerprint density at radius 3 is 2.62 bits per heavy atom. The van der Waals surface area contributed by atoms with E-state index in [-0.39, 0.29) is 5.56 Å². The number of rotatable bonds is 4. The Kier molecular flexibility index (Phi) is 3.98. The molecular formula is C11H14FNO3. The molecular weight excluding hydrogens is 213 g/mol. The predicted octanol–water partition coefficient (Wildman–Crippen LogP) is 0.404. The van der Waals surface area contributed by atoms with Gasteiger partial charge in [-0.05, 0) is 18.6 Å². The maximum atomic E-state index is 13.4. The zero-order chi connectivity index (χ0) is 12.3. The standard InChI is InChI=1S/C11H14FNO3/c1-6-2-3-7(8(12)4-6)11(16)9(14)5-10(13)15/h2-4,9,11,14,16H,5H2,1H3,(H2,13,15). The molecule has 0 bridgehead atoms. The van der Waals surface area contributed by atoms with Crippen LogP contribution >= 0.6 is 0 Å². The second-order valence-electron chi connectivity index (χ2n) is 3.71. The van der Waals surface area contributed by atoms with Crippen molar-refractivity contribution in [1.82, 2.24) is 0 Å². The molecule has 0 spiro atoms. The molecule has 2 atom stereocenters. The van der Waals surface area contributed by atoms with E-state index in [1.54, 1.807) is 13.0 Å². The molecule has 0 aliphatic carbocycles. The lowest BCUT2D eigenvalue weighted by atomic mass is 10.0. The summed E-state index contributed by atoms with van der Waals surface area (Å²) >= 11 is 0. The SMILES string of the molecule is Cc1ccc(C(O)C(O)CC(N)=O)c(F)c1. The molecule has 4 N–H and O–H groups in total. The number of primary amides is 1. The van der Waals surface area contributed by atoms with Gasteiger partial charge >= 0.3 is 0 Å². The summed E-state index contributed by atoms with van der Waals surface area (Å²) in [5, 5.41) is 19.0. The summed E-state index contributed by atoms with van der Waals surface area (Å²) in [5.41, 5.74) is 5.53. The van der Waals surface area contributed by atoms with Gasteiger partial charge in [-0.1, -0.05) is 12.1 Å². The molecule has 5 heteroatoms. The first-order chi connectivity index (χ1) is 7.41. The van der Waals surface area contributed by atoms with E-state index in [0.29, 0.717) is 5.56 Å². The van der Waals surface area contributed by atoms with Crippen LogP contribution in [0.5, 0.6) is 0 Å². The van der Waals surface area contributed by atoms with Crippen molar-refractivity contribution in [1.29, 1.82) is 0 Å². The number of halogens is 1. The number of benzene rings is 1. The fourth-order valence-corrected chi connectivity index (χ4v) is 1.40. The summed E-state index contributed by atoms with van der Waals surface area (Å²) in [4.78, 5) is 10.5. The number of aryl methyl sites for hydroxylation is 1. The molecule has 16 heavy (non-hydrogen) atoms. The number of aliphatic hydroxyl groups excluding tert-OH is 2. The summed E-state index contributed by atoms with van der Waals surface area (Å²) in [7, 11) is 0. The molecule has 1 aromatic carbocycles. The molecule has 4 nitrogen and oxygen atoms in total. The monoisotopic (exact) mass is 227 g/mol. The van der Waals surface area contributed by atoms with Crippen LogP contribution in [0, 0.1) is 12.7 Å². The van der Waals surface area contributed by atoms with Gasteiger partial charge in [0.25, 0.3) is 0 Å². The first-order valence-corrected chi connectivity index (χ1v) is 4.82. The van der Waals surface area contributed by atoms with Gasteiger partial charge < -0.3 is 15.9 Å². The third kappa shape index (κ3) is 3.01. The first-order valence-electron chi connectivity index (χ1n) is 4.82. The van der Waals surface area contributed by atoms with Gasteiger partial charge in [0, 0.05) is 5.56 Å². The molecule has 0 fully saturated rings. The summed E-state index contributed by atoms with van der Waals surface area (Å²) in [6.07, 6.45) is -3.25. The van der Waals surface area contributed by atoms with Crippen LogP contribution in [-0.4, -0.2) is 22.2 Å². The molecule has 0 radical (unpaired) electrons. The van der Waals surface area contributed by atoms with Crippen molar-refractivity contribution in [3.05, 3.63) is 35.1 Å². The van der Waals surface area contributed by atoms with Crippen LogP contribution < -0.4 is 5.73 Å². The van der Waals surface area contributed by atoms with Crippen molar-refractivity contribution >= 4 is 5.91 Å². The maximum Gasteiger partial charge on any atom is 0.220 e. The number of carbonyl (C=O) groups excluding carboxylic acids is 1. The highest BCUT2D eigenvalue weighted by Crippen LogP contribution is 2.22. The molecule has 88 valence electrons. The molecule has 2 unspecified atom stereocenters. The van der Waals surface area contributed by atoms with Gasteiger partial charge in [0.1, 0.15) is 11.9 Å². The summed E-state index contributed by atoms with van der Waals surface area (Å²) in [6.45, 7) is 1.71. The van der Waals surface area contributed by atoms with Crippen molar-refractivity contribution < 1.29 is 19.4 Å². The smallest absolute Gasteiger partial charge is 0.220 e. The number of carbonyl (C=O) groups is 1. The Bertz CT molecular complexity index is 395. The molecule has 0 saturated carbocycles. The van der Waals surface area contributed by atoms with Crippen LogP contribution in [0.15, 0.2) is 18.2 Å². The average Bonchev–Trinajstić information content (AvgIpc) is 2.15. The van der Waals surface area contributed by atoms with Crippen LogP contribution in [0.4, 0.5) is 4.39 Å².